The van der Waals surface area contributed by atoms with E-state index in [1.165, 1.54) is 17.9 Å². The molecular weight excluding hydrogens is 321 g/mol. The van der Waals surface area contributed by atoms with Gasteiger partial charge in [0.25, 0.3) is 10.0 Å². The first-order valence-electron chi connectivity index (χ1n) is 5.76. The average molecular weight is 334 g/mol. The molecule has 0 aliphatic rings. The highest BCUT2D eigenvalue weighted by Gasteiger charge is 2.26. The quantitative estimate of drug-likeness (QED) is 0.854. The van der Waals surface area contributed by atoms with Gasteiger partial charge in [0.15, 0.2) is 5.03 Å². The molecule has 8 heteroatoms. The minimum atomic E-state index is -3.80. The van der Waals surface area contributed by atoms with Gasteiger partial charge in [0.1, 0.15) is 0 Å². The van der Waals surface area contributed by atoms with Crippen LogP contribution in [-0.2, 0) is 17.1 Å². The Kier molecular flexibility index (Phi) is 4.70. The summed E-state index contributed by atoms with van der Waals surface area (Å²) >= 11 is 11.7. The Hall–Kier alpha value is -1.08. The van der Waals surface area contributed by atoms with Crippen molar-refractivity contribution in [3.8, 4) is 0 Å². The second-order valence-corrected chi connectivity index (χ2v) is 6.51. The molecule has 0 radical (unpaired) electrons. The maximum atomic E-state index is 12.4. The Morgan fingerprint density at radius 2 is 2.00 bits per heavy atom. The topological polar surface area (TPSA) is 64.0 Å². The average Bonchev–Trinajstić information content (AvgIpc) is 2.77. The van der Waals surface area contributed by atoms with Gasteiger partial charge in [-0.2, -0.15) is 5.10 Å². The molecule has 1 aromatic heterocycles. The Balaban J connectivity index is 2.32. The van der Waals surface area contributed by atoms with E-state index < -0.39 is 16.1 Å². The van der Waals surface area contributed by atoms with Crippen LogP contribution < -0.4 is 4.72 Å². The summed E-state index contributed by atoms with van der Waals surface area (Å²) in [7, 11) is -2.29. The summed E-state index contributed by atoms with van der Waals surface area (Å²) in [5.74, 6) is 0.110. The summed E-state index contributed by atoms with van der Waals surface area (Å²) < 4.78 is 28.5. The molecule has 2 aromatic rings. The van der Waals surface area contributed by atoms with Gasteiger partial charge in [-0.1, -0.05) is 41.9 Å². The fourth-order valence-electron chi connectivity index (χ4n) is 1.82. The highest BCUT2D eigenvalue weighted by atomic mass is 35.5. The van der Waals surface area contributed by atoms with Crippen molar-refractivity contribution in [2.75, 3.05) is 5.88 Å². The summed E-state index contributed by atoms with van der Waals surface area (Å²) in [5, 5.41) is 3.81. The molecule has 108 valence electrons. The lowest BCUT2D eigenvalue weighted by Gasteiger charge is -2.16. The molecule has 1 unspecified atom stereocenters. The van der Waals surface area contributed by atoms with Gasteiger partial charge in [-0.15, -0.1) is 11.6 Å². The normalized spacial score (nSPS) is 13.3. The number of benzene rings is 1. The van der Waals surface area contributed by atoms with Crippen molar-refractivity contribution in [2.24, 2.45) is 7.05 Å². The van der Waals surface area contributed by atoms with E-state index in [-0.39, 0.29) is 15.9 Å². The number of sulfonamides is 1. The van der Waals surface area contributed by atoms with E-state index >= 15 is 0 Å². The van der Waals surface area contributed by atoms with Gasteiger partial charge in [-0.25, -0.2) is 13.1 Å². The third kappa shape index (κ3) is 3.15. The fourth-order valence-corrected chi connectivity index (χ4v) is 4.05. The van der Waals surface area contributed by atoms with Gasteiger partial charge in [0, 0.05) is 12.9 Å². The van der Waals surface area contributed by atoms with Gasteiger partial charge in [0.05, 0.1) is 17.3 Å². The minimum Gasteiger partial charge on any atom is -0.255 e. The highest BCUT2D eigenvalue weighted by Crippen LogP contribution is 2.23. The van der Waals surface area contributed by atoms with Crippen molar-refractivity contribution in [3.05, 3.63) is 47.1 Å². The predicted molar refractivity (Wildman–Crippen MR) is 78.4 cm³/mol. The zero-order valence-corrected chi connectivity index (χ0v) is 13.0. The number of hydrogen-bond donors (Lipinski definition) is 1. The minimum absolute atomic E-state index is 0.0707. The van der Waals surface area contributed by atoms with E-state index in [1.54, 1.807) is 12.1 Å². The number of alkyl halides is 1. The third-order valence-corrected chi connectivity index (χ3v) is 5.04. The van der Waals surface area contributed by atoms with E-state index in [9.17, 15) is 8.42 Å². The fraction of sp³-hybridized carbons (Fsp3) is 0.250. The van der Waals surface area contributed by atoms with E-state index in [1.807, 2.05) is 18.2 Å². The second-order valence-electron chi connectivity index (χ2n) is 4.16. The van der Waals surface area contributed by atoms with Gasteiger partial charge >= 0.3 is 0 Å². The van der Waals surface area contributed by atoms with Gasteiger partial charge in [0.2, 0.25) is 0 Å². The van der Waals surface area contributed by atoms with Crippen LogP contribution in [-0.4, -0.2) is 24.1 Å². The Labute approximate surface area is 127 Å². The summed E-state index contributed by atoms with van der Waals surface area (Å²) in [5.41, 5.74) is 0.782. The lowest BCUT2D eigenvalue weighted by molar-refractivity contribution is 0.551. The van der Waals surface area contributed by atoms with Gasteiger partial charge in [-0.3, -0.25) is 4.68 Å². The maximum absolute atomic E-state index is 12.4. The van der Waals surface area contributed by atoms with Crippen molar-refractivity contribution in [1.29, 1.82) is 0 Å². The molecule has 0 fully saturated rings. The van der Waals surface area contributed by atoms with Crippen LogP contribution in [0.25, 0.3) is 0 Å². The van der Waals surface area contributed by atoms with Crippen molar-refractivity contribution in [3.63, 3.8) is 0 Å². The Morgan fingerprint density at radius 1 is 1.35 bits per heavy atom. The summed E-state index contributed by atoms with van der Waals surface area (Å²) in [6, 6.07) is 8.57. The smallest absolute Gasteiger partial charge is 0.255 e. The number of nitrogens with zero attached hydrogens (tertiary/aromatic N) is 2. The molecule has 1 aromatic carbocycles. The Bertz CT molecular complexity index is 666. The van der Waals surface area contributed by atoms with Crippen LogP contribution in [0.1, 0.15) is 11.6 Å². The SMILES string of the molecule is Cn1ncc(Cl)c1S(=O)(=O)NC(CCl)c1ccccc1. The number of rotatable bonds is 5. The number of hydrogen-bond acceptors (Lipinski definition) is 3. The molecule has 0 saturated heterocycles. The molecule has 1 atom stereocenters. The second kappa shape index (κ2) is 6.13. The Morgan fingerprint density at radius 3 is 2.50 bits per heavy atom. The molecule has 1 N–H and O–H groups in total. The van der Waals surface area contributed by atoms with Crippen LogP contribution in [0, 0.1) is 0 Å². The summed E-state index contributed by atoms with van der Waals surface area (Å²) in [6.45, 7) is 0. The first-order chi connectivity index (χ1) is 9.45. The first kappa shape index (κ1) is 15.3. The van der Waals surface area contributed by atoms with Crippen molar-refractivity contribution < 1.29 is 8.42 Å². The highest BCUT2D eigenvalue weighted by molar-refractivity contribution is 7.89. The lowest BCUT2D eigenvalue weighted by Crippen LogP contribution is -2.31. The molecule has 0 spiro atoms. The van der Waals surface area contributed by atoms with Crippen molar-refractivity contribution in [1.82, 2.24) is 14.5 Å². The molecule has 2 rings (SSSR count). The molecule has 0 saturated carbocycles. The van der Waals surface area contributed by atoms with Crippen molar-refractivity contribution >= 4 is 33.2 Å². The van der Waals surface area contributed by atoms with Crippen LogP contribution in [0.15, 0.2) is 41.6 Å². The number of halogens is 2. The molecule has 20 heavy (non-hydrogen) atoms. The van der Waals surface area contributed by atoms with Crippen LogP contribution in [0.5, 0.6) is 0 Å². The lowest BCUT2D eigenvalue weighted by atomic mass is 10.1. The van der Waals surface area contributed by atoms with E-state index in [2.05, 4.69) is 9.82 Å². The number of aromatic nitrogens is 2. The summed E-state index contributed by atoms with van der Waals surface area (Å²) in [6.07, 6.45) is 1.29. The number of nitrogens with one attached hydrogen (secondary N) is 1. The molecule has 0 bridgehead atoms. The van der Waals surface area contributed by atoms with Gasteiger partial charge in [-0.05, 0) is 5.56 Å². The van der Waals surface area contributed by atoms with E-state index in [0.717, 1.165) is 5.56 Å². The van der Waals surface area contributed by atoms with Crippen molar-refractivity contribution in [2.45, 2.75) is 11.1 Å². The molecule has 0 amide bonds. The molecule has 5 nitrogen and oxygen atoms in total. The van der Waals surface area contributed by atoms with Crippen LogP contribution >= 0.6 is 23.2 Å². The molecule has 1 heterocycles. The van der Waals surface area contributed by atoms with E-state index in [4.69, 9.17) is 23.2 Å². The zero-order chi connectivity index (χ0) is 14.8. The first-order valence-corrected chi connectivity index (χ1v) is 8.16. The zero-order valence-electron chi connectivity index (χ0n) is 10.6. The van der Waals surface area contributed by atoms with Gasteiger partial charge < -0.3 is 0 Å². The number of aryl methyl sites for hydroxylation is 1. The molecular formula is C12H13Cl2N3O2S. The molecule has 0 aliphatic heterocycles. The third-order valence-electron chi connectivity index (χ3n) is 2.75. The van der Waals surface area contributed by atoms with Crippen LogP contribution in [0.3, 0.4) is 0 Å². The summed E-state index contributed by atoms with van der Waals surface area (Å²) in [4.78, 5) is 0. The maximum Gasteiger partial charge on any atom is 0.259 e. The monoisotopic (exact) mass is 333 g/mol. The standard InChI is InChI=1S/C12H13Cl2N3O2S/c1-17-12(10(14)8-15-17)20(18,19)16-11(7-13)9-5-3-2-4-6-9/h2-6,8,11,16H,7H2,1H3. The van der Waals surface area contributed by atoms with Crippen LogP contribution in [0.2, 0.25) is 5.02 Å². The van der Waals surface area contributed by atoms with E-state index in [0.29, 0.717) is 0 Å². The largest absolute Gasteiger partial charge is 0.259 e. The molecule has 0 aliphatic carbocycles. The predicted octanol–water partition coefficient (Wildman–Crippen LogP) is 2.33. The van der Waals surface area contributed by atoms with Crippen LogP contribution in [0.4, 0.5) is 0 Å².